The first-order valence-corrected chi connectivity index (χ1v) is 27.0. The van der Waals surface area contributed by atoms with Gasteiger partial charge in [-0.3, -0.25) is 0 Å². The van der Waals surface area contributed by atoms with Crippen molar-refractivity contribution in [1.82, 2.24) is 0 Å². The molecule has 0 bridgehead atoms. The molecule has 0 unspecified atom stereocenters. The lowest BCUT2D eigenvalue weighted by Gasteiger charge is -2.33. The van der Waals surface area contributed by atoms with Gasteiger partial charge in [-0.05, 0) is 151 Å². The minimum absolute atomic E-state index is 1.06. The van der Waals surface area contributed by atoms with E-state index in [0.29, 0.717) is 0 Å². The Bertz CT molecular complexity index is 4510. The maximum absolute atomic E-state index is 2.52. The van der Waals surface area contributed by atoms with E-state index in [4.69, 9.17) is 0 Å². The standard InChI is InChI=1S/C76H54N2/c1-51-28-40-61(41-29-51)77(62-42-30-52(2)31-43-62)75-68-24-12-14-26-70(68)76(71-27-15-13-25-69(71)75)78(63-44-34-54(35-45-63)33-32-53-16-4-3-5-17-53)64-46-47-67-72(50-64)74(60-39-37-56-19-7-9-21-58(56)49-60)66-23-11-10-22-65(66)73(67)59-38-36-55-18-6-8-20-57(55)48-59/h3-50H,1-2H3/b33-32+. The zero-order valence-electron chi connectivity index (χ0n) is 43.6. The third-order valence-electron chi connectivity index (χ3n) is 15.7. The first-order chi connectivity index (χ1) is 38.5. The van der Waals surface area contributed by atoms with E-state index in [1.165, 1.54) is 82.0 Å². The molecule has 0 fully saturated rings. The number of hydrogen-bond acceptors (Lipinski definition) is 2. The summed E-state index contributed by atoms with van der Waals surface area (Å²) < 4.78 is 0. The monoisotopic (exact) mass is 994 g/mol. The summed E-state index contributed by atoms with van der Waals surface area (Å²) in [7, 11) is 0. The second-order valence-electron chi connectivity index (χ2n) is 20.6. The third kappa shape index (κ3) is 8.32. The van der Waals surface area contributed by atoms with Gasteiger partial charge in [-0.2, -0.15) is 0 Å². The molecule has 0 atom stereocenters. The largest absolute Gasteiger partial charge is 0.309 e. The van der Waals surface area contributed by atoms with Gasteiger partial charge in [-0.1, -0.05) is 242 Å². The fraction of sp³-hybridized carbons (Fsp3) is 0.0263. The van der Waals surface area contributed by atoms with Crippen LogP contribution in [0.3, 0.4) is 0 Å². The normalized spacial score (nSPS) is 11.7. The number of aryl methyl sites for hydroxylation is 2. The van der Waals surface area contributed by atoms with Gasteiger partial charge in [0.05, 0.1) is 11.4 Å². The van der Waals surface area contributed by atoms with Gasteiger partial charge in [0.15, 0.2) is 0 Å². The molecule has 0 saturated carbocycles. The summed E-state index contributed by atoms with van der Waals surface area (Å²) in [5, 5.41) is 14.3. The van der Waals surface area contributed by atoms with Crippen LogP contribution >= 0.6 is 0 Å². The second kappa shape index (κ2) is 19.6. The number of hydrogen-bond donors (Lipinski definition) is 0. The number of nitrogens with zero attached hydrogens (tertiary/aromatic N) is 2. The van der Waals surface area contributed by atoms with Crippen molar-refractivity contribution in [2.75, 3.05) is 9.80 Å². The van der Waals surface area contributed by atoms with E-state index < -0.39 is 0 Å². The molecule has 14 aromatic rings. The molecule has 0 aromatic heterocycles. The molecule has 0 spiro atoms. The molecule has 2 heteroatoms. The molecule has 78 heavy (non-hydrogen) atoms. The van der Waals surface area contributed by atoms with E-state index in [0.717, 1.165) is 61.2 Å². The lowest BCUT2D eigenvalue weighted by Crippen LogP contribution is -2.14. The van der Waals surface area contributed by atoms with Crippen molar-refractivity contribution < 1.29 is 0 Å². The van der Waals surface area contributed by atoms with E-state index in [2.05, 4.69) is 315 Å². The molecule has 0 saturated heterocycles. The highest BCUT2D eigenvalue weighted by Crippen LogP contribution is 2.53. The van der Waals surface area contributed by atoms with Crippen molar-refractivity contribution in [1.29, 1.82) is 0 Å². The highest BCUT2D eigenvalue weighted by atomic mass is 15.2. The van der Waals surface area contributed by atoms with Gasteiger partial charge < -0.3 is 9.80 Å². The Labute approximate surface area is 455 Å². The first kappa shape index (κ1) is 46.5. The van der Waals surface area contributed by atoms with E-state index >= 15 is 0 Å². The van der Waals surface area contributed by atoms with Crippen molar-refractivity contribution in [2.45, 2.75) is 13.8 Å². The maximum Gasteiger partial charge on any atom is 0.0619 e. The van der Waals surface area contributed by atoms with Gasteiger partial charge in [-0.15, -0.1) is 0 Å². The average molecular weight is 995 g/mol. The van der Waals surface area contributed by atoms with Crippen LogP contribution in [0, 0.1) is 13.8 Å². The van der Waals surface area contributed by atoms with Crippen molar-refractivity contribution in [3.63, 3.8) is 0 Å². The summed E-state index contributed by atoms with van der Waals surface area (Å²) in [6.45, 7) is 4.31. The van der Waals surface area contributed by atoms with Gasteiger partial charge in [0, 0.05) is 44.3 Å². The van der Waals surface area contributed by atoms with E-state index in [1.54, 1.807) is 0 Å². The SMILES string of the molecule is Cc1ccc(N(c2ccc(C)cc2)c2c3ccccc3c(N(c3ccc(/C=C/c4ccccc4)cc3)c3ccc4c(-c5ccc6ccccc6c5)c5ccccc5c(-c5ccc6ccccc6c5)c4c3)c3ccccc23)cc1. The van der Waals surface area contributed by atoms with Gasteiger partial charge >= 0.3 is 0 Å². The lowest BCUT2D eigenvalue weighted by molar-refractivity contribution is 1.28. The zero-order valence-corrected chi connectivity index (χ0v) is 43.6. The highest BCUT2D eigenvalue weighted by Gasteiger charge is 2.27. The zero-order chi connectivity index (χ0) is 52.1. The molecule has 0 heterocycles. The van der Waals surface area contributed by atoms with Crippen LogP contribution in [0.2, 0.25) is 0 Å². The Morgan fingerprint density at radius 1 is 0.244 bits per heavy atom. The van der Waals surface area contributed by atoms with Crippen LogP contribution < -0.4 is 9.80 Å². The number of rotatable bonds is 10. The summed E-state index contributed by atoms with van der Waals surface area (Å²) in [6, 6.07) is 103. The van der Waals surface area contributed by atoms with Crippen LogP contribution in [0.5, 0.6) is 0 Å². The fourth-order valence-electron chi connectivity index (χ4n) is 11.9. The molecular weight excluding hydrogens is 941 g/mol. The van der Waals surface area contributed by atoms with Crippen molar-refractivity contribution in [2.24, 2.45) is 0 Å². The molecule has 0 aliphatic rings. The lowest BCUT2D eigenvalue weighted by atomic mass is 9.85. The molecule has 0 aliphatic carbocycles. The molecule has 2 nitrogen and oxygen atoms in total. The molecule has 14 rings (SSSR count). The Balaban J connectivity index is 1.07. The molecule has 0 radical (unpaired) electrons. The number of benzene rings is 14. The van der Waals surface area contributed by atoms with Crippen molar-refractivity contribution >= 4 is 111 Å². The molecular formula is C76H54N2. The smallest absolute Gasteiger partial charge is 0.0619 e. The second-order valence-corrected chi connectivity index (χ2v) is 20.6. The Kier molecular flexibility index (Phi) is 11.7. The van der Waals surface area contributed by atoms with Crippen molar-refractivity contribution in [3.8, 4) is 22.3 Å². The summed E-state index contributed by atoms with van der Waals surface area (Å²) in [5.41, 5.74) is 16.2. The third-order valence-corrected chi connectivity index (χ3v) is 15.7. The van der Waals surface area contributed by atoms with Crippen LogP contribution in [0.15, 0.2) is 279 Å². The Morgan fingerprint density at radius 3 is 1.06 bits per heavy atom. The maximum atomic E-state index is 2.52. The van der Waals surface area contributed by atoms with Crippen molar-refractivity contribution in [3.05, 3.63) is 301 Å². The number of fused-ring (bicyclic) bond motifs is 6. The molecule has 0 amide bonds. The predicted molar refractivity (Wildman–Crippen MR) is 337 cm³/mol. The minimum atomic E-state index is 1.06. The van der Waals surface area contributed by atoms with Gasteiger partial charge in [0.2, 0.25) is 0 Å². The van der Waals surface area contributed by atoms with E-state index in [1.807, 2.05) is 0 Å². The highest BCUT2D eigenvalue weighted by molar-refractivity contribution is 6.25. The van der Waals surface area contributed by atoms with Crippen LogP contribution in [0.4, 0.5) is 34.1 Å². The summed E-state index contributed by atoms with van der Waals surface area (Å²) in [4.78, 5) is 4.98. The Morgan fingerprint density at radius 2 is 0.590 bits per heavy atom. The molecule has 368 valence electrons. The van der Waals surface area contributed by atoms with E-state index in [9.17, 15) is 0 Å². The predicted octanol–water partition coefficient (Wildman–Crippen LogP) is 21.7. The minimum Gasteiger partial charge on any atom is -0.309 e. The summed E-state index contributed by atoms with van der Waals surface area (Å²) >= 11 is 0. The quantitative estimate of drug-likeness (QED) is 0.0765. The van der Waals surface area contributed by atoms with E-state index in [-0.39, 0.29) is 0 Å². The van der Waals surface area contributed by atoms with Gasteiger partial charge in [0.1, 0.15) is 0 Å². The van der Waals surface area contributed by atoms with Crippen LogP contribution in [-0.2, 0) is 0 Å². The van der Waals surface area contributed by atoms with Gasteiger partial charge in [-0.25, -0.2) is 0 Å². The topological polar surface area (TPSA) is 6.48 Å². The van der Waals surface area contributed by atoms with Crippen LogP contribution in [0.25, 0.3) is 99.0 Å². The Hall–Kier alpha value is -10.0. The molecule has 0 aliphatic heterocycles. The van der Waals surface area contributed by atoms with Crippen LogP contribution in [0.1, 0.15) is 22.3 Å². The van der Waals surface area contributed by atoms with Crippen LogP contribution in [-0.4, -0.2) is 0 Å². The number of anilines is 6. The molecule has 0 N–H and O–H groups in total. The first-order valence-electron chi connectivity index (χ1n) is 27.0. The molecule has 14 aromatic carbocycles. The fourth-order valence-corrected chi connectivity index (χ4v) is 11.9. The van der Waals surface area contributed by atoms with Gasteiger partial charge in [0.25, 0.3) is 0 Å². The summed E-state index contributed by atoms with van der Waals surface area (Å²) in [5.74, 6) is 0. The average Bonchev–Trinajstić information content (AvgIpc) is 3.57. The summed E-state index contributed by atoms with van der Waals surface area (Å²) in [6.07, 6.45) is 4.40.